The number of anilines is 1. The molecule has 0 aliphatic rings. The summed E-state index contributed by atoms with van der Waals surface area (Å²) in [6.45, 7) is 4.96. The van der Waals surface area contributed by atoms with Gasteiger partial charge in [0.2, 0.25) is 0 Å². The van der Waals surface area contributed by atoms with Crippen molar-refractivity contribution in [1.82, 2.24) is 20.2 Å². The third kappa shape index (κ3) is 1.41. The van der Waals surface area contributed by atoms with Crippen molar-refractivity contribution >= 4 is 16.9 Å². The Labute approximate surface area is 82.0 Å². The molecule has 0 aromatic carbocycles. The van der Waals surface area contributed by atoms with Crippen LogP contribution < -0.4 is 5.32 Å². The van der Waals surface area contributed by atoms with Crippen LogP contribution in [-0.2, 0) is 0 Å². The Balaban J connectivity index is 2.44. The van der Waals surface area contributed by atoms with Crippen LogP contribution in [-0.4, -0.2) is 26.7 Å². The first-order chi connectivity index (χ1) is 6.83. The number of aryl methyl sites for hydroxylation is 1. The summed E-state index contributed by atoms with van der Waals surface area (Å²) < 4.78 is 0. The van der Waals surface area contributed by atoms with Crippen LogP contribution in [0, 0.1) is 6.92 Å². The second kappa shape index (κ2) is 3.61. The van der Waals surface area contributed by atoms with Crippen LogP contribution in [0.15, 0.2) is 6.33 Å². The third-order valence-corrected chi connectivity index (χ3v) is 2.06. The normalized spacial score (nSPS) is 10.7. The zero-order chi connectivity index (χ0) is 9.97. The molecule has 0 saturated heterocycles. The Morgan fingerprint density at radius 3 is 3.00 bits per heavy atom. The summed E-state index contributed by atoms with van der Waals surface area (Å²) in [6.07, 6.45) is 2.62. The molecule has 2 aromatic rings. The van der Waals surface area contributed by atoms with Crippen LogP contribution in [0.1, 0.15) is 19.0 Å². The number of nitrogens with zero attached hydrogens (tertiary/aromatic N) is 3. The van der Waals surface area contributed by atoms with Gasteiger partial charge in [0.05, 0.1) is 5.69 Å². The molecule has 2 aromatic heterocycles. The second-order valence-corrected chi connectivity index (χ2v) is 3.19. The molecular weight excluding hydrogens is 178 g/mol. The molecule has 0 aliphatic heterocycles. The molecule has 0 spiro atoms. The lowest BCUT2D eigenvalue weighted by Gasteiger charge is -2.02. The molecule has 0 amide bonds. The zero-order valence-electron chi connectivity index (χ0n) is 8.33. The number of aromatic nitrogens is 4. The van der Waals surface area contributed by atoms with Gasteiger partial charge in [-0.15, -0.1) is 0 Å². The summed E-state index contributed by atoms with van der Waals surface area (Å²) in [5.74, 6) is 0.807. The molecule has 74 valence electrons. The van der Waals surface area contributed by atoms with Crippen LogP contribution in [0.25, 0.3) is 11.0 Å². The topological polar surface area (TPSA) is 66.5 Å². The van der Waals surface area contributed by atoms with Crippen molar-refractivity contribution in [3.8, 4) is 0 Å². The van der Waals surface area contributed by atoms with Gasteiger partial charge in [-0.3, -0.25) is 5.10 Å². The van der Waals surface area contributed by atoms with Crippen LogP contribution in [0.3, 0.4) is 0 Å². The van der Waals surface area contributed by atoms with E-state index in [4.69, 9.17) is 0 Å². The minimum atomic E-state index is 0.807. The van der Waals surface area contributed by atoms with Crippen LogP contribution >= 0.6 is 0 Å². The van der Waals surface area contributed by atoms with Gasteiger partial charge in [0.25, 0.3) is 0 Å². The highest BCUT2D eigenvalue weighted by molar-refractivity contribution is 5.86. The van der Waals surface area contributed by atoms with Gasteiger partial charge in [0, 0.05) is 6.54 Å². The standard InChI is InChI=1S/C9H13N5/c1-3-4-10-9-8-7(11-5-12-9)6(2)13-14-8/h5H,3-4H2,1-2H3,(H,13,14)(H,10,11,12). The molecule has 0 aliphatic carbocycles. The Morgan fingerprint density at radius 1 is 1.36 bits per heavy atom. The maximum absolute atomic E-state index is 4.16. The molecule has 2 N–H and O–H groups in total. The SMILES string of the molecule is CCCNc1ncnc2c(C)[nH]nc12. The number of nitrogens with one attached hydrogen (secondary N) is 2. The average molecular weight is 191 g/mol. The fraction of sp³-hybridized carbons (Fsp3) is 0.444. The lowest BCUT2D eigenvalue weighted by atomic mass is 10.3. The summed E-state index contributed by atoms with van der Waals surface area (Å²) >= 11 is 0. The van der Waals surface area contributed by atoms with Gasteiger partial charge in [0.15, 0.2) is 11.3 Å². The van der Waals surface area contributed by atoms with E-state index in [1.807, 2.05) is 6.92 Å². The van der Waals surface area contributed by atoms with Crippen LogP contribution in [0.4, 0.5) is 5.82 Å². The highest BCUT2D eigenvalue weighted by Crippen LogP contribution is 2.18. The van der Waals surface area contributed by atoms with Gasteiger partial charge >= 0.3 is 0 Å². The molecule has 0 unspecified atom stereocenters. The molecule has 0 radical (unpaired) electrons. The molecule has 0 fully saturated rings. The van der Waals surface area contributed by atoms with Crippen LogP contribution in [0.5, 0.6) is 0 Å². The largest absolute Gasteiger partial charge is 0.368 e. The van der Waals surface area contributed by atoms with Crippen molar-refractivity contribution in [1.29, 1.82) is 0 Å². The quantitative estimate of drug-likeness (QED) is 0.771. The summed E-state index contributed by atoms with van der Waals surface area (Å²) in [7, 11) is 0. The van der Waals surface area contributed by atoms with Crippen LogP contribution in [0.2, 0.25) is 0 Å². The third-order valence-electron chi connectivity index (χ3n) is 2.06. The zero-order valence-corrected chi connectivity index (χ0v) is 8.33. The monoisotopic (exact) mass is 191 g/mol. The minimum Gasteiger partial charge on any atom is -0.368 e. The fourth-order valence-electron chi connectivity index (χ4n) is 1.32. The highest BCUT2D eigenvalue weighted by atomic mass is 15.2. The molecule has 5 nitrogen and oxygen atoms in total. The van der Waals surface area contributed by atoms with E-state index in [1.54, 1.807) is 6.33 Å². The highest BCUT2D eigenvalue weighted by Gasteiger charge is 2.07. The Hall–Kier alpha value is -1.65. The first-order valence-electron chi connectivity index (χ1n) is 4.72. The van der Waals surface area contributed by atoms with E-state index in [-0.39, 0.29) is 0 Å². The van der Waals surface area contributed by atoms with E-state index in [0.29, 0.717) is 0 Å². The van der Waals surface area contributed by atoms with E-state index in [1.165, 1.54) is 0 Å². The van der Waals surface area contributed by atoms with Crippen molar-refractivity contribution in [3.63, 3.8) is 0 Å². The van der Waals surface area contributed by atoms with Gasteiger partial charge in [0.1, 0.15) is 11.8 Å². The average Bonchev–Trinajstić information content (AvgIpc) is 2.58. The summed E-state index contributed by atoms with van der Waals surface area (Å²) in [5.41, 5.74) is 2.68. The molecule has 2 heterocycles. The van der Waals surface area contributed by atoms with E-state index < -0.39 is 0 Å². The summed E-state index contributed by atoms with van der Waals surface area (Å²) in [5, 5.41) is 10.3. The number of hydrogen-bond acceptors (Lipinski definition) is 4. The second-order valence-electron chi connectivity index (χ2n) is 3.19. The van der Waals surface area contributed by atoms with E-state index >= 15 is 0 Å². The number of fused-ring (bicyclic) bond motifs is 1. The van der Waals surface area contributed by atoms with E-state index in [0.717, 1.165) is 35.5 Å². The predicted octanol–water partition coefficient (Wildman–Crippen LogP) is 1.48. The first-order valence-corrected chi connectivity index (χ1v) is 4.72. The molecule has 0 atom stereocenters. The van der Waals surface area contributed by atoms with Crippen molar-refractivity contribution in [2.45, 2.75) is 20.3 Å². The lowest BCUT2D eigenvalue weighted by Crippen LogP contribution is -2.02. The summed E-state index contributed by atoms with van der Waals surface area (Å²) in [4.78, 5) is 8.32. The molecule has 0 saturated carbocycles. The van der Waals surface area contributed by atoms with Gasteiger partial charge in [-0.1, -0.05) is 6.92 Å². The molecule has 14 heavy (non-hydrogen) atoms. The van der Waals surface area contributed by atoms with Gasteiger partial charge in [-0.05, 0) is 13.3 Å². The Morgan fingerprint density at radius 2 is 2.21 bits per heavy atom. The number of rotatable bonds is 3. The molecule has 0 bridgehead atoms. The van der Waals surface area contributed by atoms with Gasteiger partial charge in [-0.25, -0.2) is 9.97 Å². The Kier molecular flexibility index (Phi) is 2.30. The van der Waals surface area contributed by atoms with Crippen molar-refractivity contribution < 1.29 is 0 Å². The molecule has 2 rings (SSSR count). The smallest absolute Gasteiger partial charge is 0.157 e. The maximum atomic E-state index is 4.16. The molecule has 5 heteroatoms. The molecular formula is C9H13N5. The number of H-pyrrole nitrogens is 1. The fourth-order valence-corrected chi connectivity index (χ4v) is 1.32. The van der Waals surface area contributed by atoms with E-state index in [2.05, 4.69) is 32.4 Å². The minimum absolute atomic E-state index is 0.807. The maximum Gasteiger partial charge on any atom is 0.157 e. The number of aromatic amines is 1. The van der Waals surface area contributed by atoms with Gasteiger partial charge < -0.3 is 5.32 Å². The van der Waals surface area contributed by atoms with Crippen molar-refractivity contribution in [2.24, 2.45) is 0 Å². The van der Waals surface area contributed by atoms with Crippen molar-refractivity contribution in [3.05, 3.63) is 12.0 Å². The summed E-state index contributed by atoms with van der Waals surface area (Å²) in [6, 6.07) is 0. The number of hydrogen-bond donors (Lipinski definition) is 2. The van der Waals surface area contributed by atoms with Gasteiger partial charge in [-0.2, -0.15) is 5.10 Å². The lowest BCUT2D eigenvalue weighted by molar-refractivity contribution is 0.967. The van der Waals surface area contributed by atoms with Crippen molar-refractivity contribution in [2.75, 3.05) is 11.9 Å². The first kappa shape index (κ1) is 8.93. The Bertz CT molecular complexity index is 434. The predicted molar refractivity (Wildman–Crippen MR) is 55.2 cm³/mol. The van der Waals surface area contributed by atoms with E-state index in [9.17, 15) is 0 Å².